The van der Waals surface area contributed by atoms with Crippen molar-refractivity contribution < 1.29 is 14.6 Å². The minimum atomic E-state index is -0.994. The molecule has 0 spiro atoms. The van der Waals surface area contributed by atoms with Crippen LogP contribution in [-0.2, 0) is 16.1 Å². The molecule has 0 aliphatic carbocycles. The lowest BCUT2D eigenvalue weighted by Crippen LogP contribution is -2.19. The zero-order chi connectivity index (χ0) is 11.3. The van der Waals surface area contributed by atoms with Crippen LogP contribution < -0.4 is 0 Å². The molecule has 0 aromatic heterocycles. The predicted octanol–water partition coefficient (Wildman–Crippen LogP) is 1.55. The highest BCUT2D eigenvalue weighted by molar-refractivity contribution is 5.71. The van der Waals surface area contributed by atoms with Gasteiger partial charge in [0, 0.05) is 0 Å². The van der Waals surface area contributed by atoms with Gasteiger partial charge in [0.25, 0.3) is 0 Å². The fourth-order valence-corrected chi connectivity index (χ4v) is 1.02. The largest absolute Gasteiger partial charge is 0.479 e. The molecule has 0 saturated heterocycles. The van der Waals surface area contributed by atoms with E-state index in [0.717, 1.165) is 5.56 Å². The maximum atomic E-state index is 10.5. The zero-order valence-electron chi connectivity index (χ0n) is 8.30. The first-order valence-electron chi connectivity index (χ1n) is 4.47. The van der Waals surface area contributed by atoms with Crippen LogP contribution in [0.5, 0.6) is 0 Å². The van der Waals surface area contributed by atoms with Crippen molar-refractivity contribution in [1.29, 1.82) is 5.26 Å². The topological polar surface area (TPSA) is 70.3 Å². The number of carboxylic acid groups (broad SMARTS) is 1. The molecule has 0 heterocycles. The number of hydrogen-bond acceptors (Lipinski definition) is 3. The van der Waals surface area contributed by atoms with Gasteiger partial charge in [0.2, 0.25) is 0 Å². The molecule has 0 amide bonds. The molecular weight excluding hydrogens is 194 g/mol. The van der Waals surface area contributed by atoms with Crippen molar-refractivity contribution in [2.24, 2.45) is 0 Å². The minimum Gasteiger partial charge on any atom is -0.479 e. The van der Waals surface area contributed by atoms with Crippen molar-refractivity contribution >= 4 is 5.97 Å². The van der Waals surface area contributed by atoms with Crippen molar-refractivity contribution in [3.8, 4) is 6.07 Å². The third-order valence-corrected chi connectivity index (χ3v) is 1.90. The molecule has 4 heteroatoms. The summed E-state index contributed by atoms with van der Waals surface area (Å²) in [5, 5.41) is 17.2. The minimum absolute atomic E-state index is 0.197. The van der Waals surface area contributed by atoms with Crippen LogP contribution in [0.25, 0.3) is 0 Å². The Labute approximate surface area is 87.7 Å². The van der Waals surface area contributed by atoms with Gasteiger partial charge in [0.1, 0.15) is 0 Å². The van der Waals surface area contributed by atoms with E-state index >= 15 is 0 Å². The van der Waals surface area contributed by atoms with Gasteiger partial charge in [-0.1, -0.05) is 12.1 Å². The molecule has 0 aliphatic rings. The summed E-state index contributed by atoms with van der Waals surface area (Å²) in [6.45, 7) is 1.67. The molecular formula is C11H11NO3. The smallest absolute Gasteiger partial charge is 0.332 e. The summed E-state index contributed by atoms with van der Waals surface area (Å²) in [5.74, 6) is -0.994. The van der Waals surface area contributed by atoms with E-state index < -0.39 is 12.1 Å². The molecule has 1 aromatic carbocycles. The van der Waals surface area contributed by atoms with Crippen molar-refractivity contribution in [3.05, 3.63) is 35.4 Å². The van der Waals surface area contributed by atoms with Gasteiger partial charge >= 0.3 is 5.97 Å². The molecule has 1 rings (SSSR count). The number of nitrogens with zero attached hydrogens (tertiary/aromatic N) is 1. The lowest BCUT2D eigenvalue weighted by molar-refractivity contribution is -0.149. The number of benzene rings is 1. The standard InChI is InChI=1S/C11H11NO3/c1-8(11(13)14)15-7-10-4-2-3-9(5-10)6-12/h2-5,8H,7H2,1H3,(H,13,14)/t8-/m0/s1. The lowest BCUT2D eigenvalue weighted by Gasteiger charge is -2.08. The van der Waals surface area contributed by atoms with E-state index in [0.29, 0.717) is 5.56 Å². The molecule has 0 aliphatic heterocycles. The number of rotatable bonds is 4. The number of carboxylic acids is 1. The molecule has 1 N–H and O–H groups in total. The SMILES string of the molecule is C[C@H](OCc1cccc(C#N)c1)C(=O)O. The average Bonchev–Trinajstić information content (AvgIpc) is 2.26. The fraction of sp³-hybridized carbons (Fsp3) is 0.273. The maximum Gasteiger partial charge on any atom is 0.332 e. The van der Waals surface area contributed by atoms with Crippen LogP contribution in [0, 0.1) is 11.3 Å². The van der Waals surface area contributed by atoms with Gasteiger partial charge in [0.05, 0.1) is 18.2 Å². The molecule has 0 bridgehead atoms. The molecule has 4 nitrogen and oxygen atoms in total. The predicted molar refractivity (Wildman–Crippen MR) is 53.0 cm³/mol. The molecule has 15 heavy (non-hydrogen) atoms. The van der Waals surface area contributed by atoms with Crippen LogP contribution in [0.15, 0.2) is 24.3 Å². The second-order valence-electron chi connectivity index (χ2n) is 3.10. The Kier molecular flexibility index (Phi) is 3.83. The first-order chi connectivity index (χ1) is 7.13. The second-order valence-corrected chi connectivity index (χ2v) is 3.10. The molecule has 1 aromatic rings. The number of ether oxygens (including phenoxy) is 1. The van der Waals surface area contributed by atoms with Crippen LogP contribution in [0.2, 0.25) is 0 Å². The summed E-state index contributed by atoms with van der Waals surface area (Å²) in [7, 11) is 0. The highest BCUT2D eigenvalue weighted by Gasteiger charge is 2.10. The number of nitriles is 1. The van der Waals surface area contributed by atoms with Crippen LogP contribution in [-0.4, -0.2) is 17.2 Å². The Morgan fingerprint density at radius 1 is 1.67 bits per heavy atom. The maximum absolute atomic E-state index is 10.5. The van der Waals surface area contributed by atoms with Gasteiger partial charge in [-0.3, -0.25) is 0 Å². The quantitative estimate of drug-likeness (QED) is 0.809. The molecule has 0 unspecified atom stereocenters. The number of aliphatic carboxylic acids is 1. The third kappa shape index (κ3) is 3.41. The molecule has 0 radical (unpaired) electrons. The number of carbonyl (C=O) groups is 1. The number of hydrogen-bond donors (Lipinski definition) is 1. The second kappa shape index (κ2) is 5.13. The van der Waals surface area contributed by atoms with Crippen LogP contribution in [0.1, 0.15) is 18.1 Å². The Morgan fingerprint density at radius 2 is 2.40 bits per heavy atom. The van der Waals surface area contributed by atoms with Gasteiger partial charge in [0.15, 0.2) is 6.10 Å². The van der Waals surface area contributed by atoms with Crippen LogP contribution in [0.3, 0.4) is 0 Å². The molecule has 1 atom stereocenters. The summed E-state index contributed by atoms with van der Waals surface area (Å²) in [6, 6.07) is 8.89. The highest BCUT2D eigenvalue weighted by atomic mass is 16.5. The van der Waals surface area contributed by atoms with Crippen molar-refractivity contribution in [1.82, 2.24) is 0 Å². The van der Waals surface area contributed by atoms with Gasteiger partial charge in [-0.15, -0.1) is 0 Å². The first kappa shape index (κ1) is 11.2. The van der Waals surface area contributed by atoms with Gasteiger partial charge < -0.3 is 9.84 Å². The van der Waals surface area contributed by atoms with E-state index in [4.69, 9.17) is 15.1 Å². The van der Waals surface area contributed by atoms with E-state index in [9.17, 15) is 4.79 Å². The average molecular weight is 205 g/mol. The van der Waals surface area contributed by atoms with Gasteiger partial charge in [-0.05, 0) is 24.6 Å². The Morgan fingerprint density at radius 3 is 3.00 bits per heavy atom. The van der Waals surface area contributed by atoms with Crippen molar-refractivity contribution in [2.75, 3.05) is 0 Å². The normalized spacial score (nSPS) is 11.7. The monoisotopic (exact) mass is 205 g/mol. The van der Waals surface area contributed by atoms with Gasteiger partial charge in [-0.2, -0.15) is 5.26 Å². The van der Waals surface area contributed by atoms with E-state index in [2.05, 4.69) is 0 Å². The summed E-state index contributed by atoms with van der Waals surface area (Å²) in [4.78, 5) is 10.5. The van der Waals surface area contributed by atoms with Crippen molar-refractivity contribution in [2.45, 2.75) is 19.6 Å². The summed E-state index contributed by atoms with van der Waals surface area (Å²) in [6.07, 6.45) is -0.837. The first-order valence-corrected chi connectivity index (χ1v) is 4.47. The van der Waals surface area contributed by atoms with E-state index in [-0.39, 0.29) is 6.61 Å². The highest BCUT2D eigenvalue weighted by Crippen LogP contribution is 2.07. The Balaban J connectivity index is 2.58. The van der Waals surface area contributed by atoms with Crippen molar-refractivity contribution in [3.63, 3.8) is 0 Å². The van der Waals surface area contributed by atoms with E-state index in [1.165, 1.54) is 6.92 Å². The van der Waals surface area contributed by atoms with Gasteiger partial charge in [-0.25, -0.2) is 4.79 Å². The molecule has 0 fully saturated rings. The third-order valence-electron chi connectivity index (χ3n) is 1.90. The zero-order valence-corrected chi connectivity index (χ0v) is 8.30. The lowest BCUT2D eigenvalue weighted by atomic mass is 10.1. The van der Waals surface area contributed by atoms with E-state index in [1.807, 2.05) is 6.07 Å². The van der Waals surface area contributed by atoms with Crippen LogP contribution >= 0.6 is 0 Å². The summed E-state index contributed by atoms with van der Waals surface area (Å²) >= 11 is 0. The molecule has 0 saturated carbocycles. The summed E-state index contributed by atoms with van der Waals surface area (Å²) < 4.78 is 5.08. The van der Waals surface area contributed by atoms with Crippen LogP contribution in [0.4, 0.5) is 0 Å². The fourth-order valence-electron chi connectivity index (χ4n) is 1.02. The van der Waals surface area contributed by atoms with E-state index in [1.54, 1.807) is 24.3 Å². The Hall–Kier alpha value is -1.86. The molecule has 78 valence electrons. The Bertz CT molecular complexity index is 395. The summed E-state index contributed by atoms with van der Waals surface area (Å²) in [5.41, 5.74) is 1.33.